The molecule has 2 N–H and O–H groups in total. The minimum absolute atomic E-state index is 0.230. The molecule has 1 aromatic carbocycles. The van der Waals surface area contributed by atoms with E-state index >= 15 is 0 Å². The molecule has 34 heavy (non-hydrogen) atoms. The quantitative estimate of drug-likeness (QED) is 0.463. The molecule has 2 aromatic heterocycles. The topological polar surface area (TPSA) is 91.4 Å². The van der Waals surface area contributed by atoms with Gasteiger partial charge in [-0.3, -0.25) is 14.5 Å². The molecule has 1 saturated heterocycles. The van der Waals surface area contributed by atoms with E-state index in [2.05, 4.69) is 15.0 Å². The number of rotatable bonds is 6. The van der Waals surface area contributed by atoms with Crippen LogP contribution in [-0.4, -0.2) is 44.6 Å². The highest BCUT2D eigenvalue weighted by atomic mass is 35.5. The summed E-state index contributed by atoms with van der Waals surface area (Å²) < 4.78 is 51.7. The molecular weight excluding hydrogens is 506 g/mol. The van der Waals surface area contributed by atoms with Gasteiger partial charge < -0.3 is 10.2 Å². The zero-order chi connectivity index (χ0) is 24.8. The van der Waals surface area contributed by atoms with Gasteiger partial charge in [0, 0.05) is 21.2 Å². The normalized spacial score (nSPS) is 15.1. The van der Waals surface area contributed by atoms with E-state index in [1.54, 1.807) is 17.2 Å². The van der Waals surface area contributed by atoms with Crippen molar-refractivity contribution in [1.82, 2.24) is 4.98 Å². The molecule has 1 aliphatic rings. The van der Waals surface area contributed by atoms with Gasteiger partial charge in [-0.1, -0.05) is 11.6 Å². The van der Waals surface area contributed by atoms with Gasteiger partial charge in [0.2, 0.25) is 10.0 Å². The van der Waals surface area contributed by atoms with Gasteiger partial charge >= 0.3 is 0 Å². The number of amides is 1. The lowest BCUT2D eigenvalue weighted by Gasteiger charge is -2.40. The van der Waals surface area contributed by atoms with Crippen molar-refractivity contribution in [2.75, 3.05) is 34.3 Å². The van der Waals surface area contributed by atoms with Crippen molar-refractivity contribution in [3.05, 3.63) is 56.9 Å². The fourth-order valence-corrected chi connectivity index (χ4v) is 5.36. The third-order valence-electron chi connectivity index (χ3n) is 5.13. The zero-order valence-corrected chi connectivity index (χ0v) is 20.8. The molecule has 7 nitrogen and oxygen atoms in total. The van der Waals surface area contributed by atoms with Gasteiger partial charge in [-0.05, 0) is 49.7 Å². The van der Waals surface area contributed by atoms with E-state index in [9.17, 15) is 22.0 Å². The average molecular weight is 527 g/mol. The van der Waals surface area contributed by atoms with Crippen LogP contribution in [0.15, 0.2) is 36.5 Å². The van der Waals surface area contributed by atoms with Gasteiger partial charge in [-0.2, -0.15) is 0 Å². The minimum atomic E-state index is -3.51. The number of aromatic nitrogens is 1. The molecule has 1 aliphatic heterocycles. The summed E-state index contributed by atoms with van der Waals surface area (Å²) in [5.74, 6) is -3.05. The minimum Gasteiger partial charge on any atom is -0.358 e. The summed E-state index contributed by atoms with van der Waals surface area (Å²) in [4.78, 5) is 20.2. The fourth-order valence-electron chi connectivity index (χ4n) is 3.67. The Balaban J connectivity index is 1.54. The molecule has 0 unspecified atom stereocenters. The molecule has 0 atom stereocenters. The van der Waals surface area contributed by atoms with E-state index in [4.69, 9.17) is 11.6 Å². The smallest absolute Gasteiger partial charge is 0.282 e. The monoisotopic (exact) mass is 526 g/mol. The van der Waals surface area contributed by atoms with Gasteiger partial charge in [-0.15, -0.1) is 11.3 Å². The number of pyridine rings is 1. The molecule has 0 bridgehead atoms. The summed E-state index contributed by atoms with van der Waals surface area (Å²) in [7, 11) is -3.51. The number of thiophene rings is 1. The number of nitrogens with one attached hydrogen (secondary N) is 2. The van der Waals surface area contributed by atoms with Crippen LogP contribution in [0.25, 0.3) is 11.3 Å². The lowest BCUT2D eigenvalue weighted by Crippen LogP contribution is -2.56. The Hall–Kier alpha value is -2.76. The molecule has 0 aliphatic carbocycles. The lowest BCUT2D eigenvalue weighted by molar-refractivity contribution is -0.0262. The number of carbonyl (C=O) groups is 1. The van der Waals surface area contributed by atoms with Crippen LogP contribution < -0.4 is 14.9 Å². The maximum absolute atomic E-state index is 13.2. The second kappa shape index (κ2) is 8.79. The first kappa shape index (κ1) is 24.4. The van der Waals surface area contributed by atoms with Crippen LogP contribution in [0.2, 0.25) is 5.02 Å². The maximum atomic E-state index is 13.2. The number of anilines is 3. The Morgan fingerprint density at radius 1 is 1.15 bits per heavy atom. The first-order valence-corrected chi connectivity index (χ1v) is 13.2. The number of hydrogen-bond acceptors (Lipinski definition) is 6. The van der Waals surface area contributed by atoms with Gasteiger partial charge in [0.25, 0.3) is 11.8 Å². The molecule has 0 spiro atoms. The van der Waals surface area contributed by atoms with Crippen LogP contribution in [0.1, 0.15) is 20.1 Å². The van der Waals surface area contributed by atoms with Crippen molar-refractivity contribution in [2.24, 2.45) is 0 Å². The van der Waals surface area contributed by atoms with E-state index in [0.29, 0.717) is 21.9 Å². The summed E-state index contributed by atoms with van der Waals surface area (Å²) in [6, 6.07) is 7.96. The molecule has 180 valence electrons. The molecule has 12 heteroatoms. The summed E-state index contributed by atoms with van der Waals surface area (Å²) in [6.07, 6.45) is 2.58. The number of carbonyl (C=O) groups excluding carboxylic acids is 1. The van der Waals surface area contributed by atoms with E-state index in [1.807, 2.05) is 19.9 Å². The van der Waals surface area contributed by atoms with Crippen molar-refractivity contribution < 1.29 is 22.0 Å². The first-order chi connectivity index (χ1) is 15.8. The second-order valence-electron chi connectivity index (χ2n) is 8.21. The Labute approximate surface area is 204 Å². The SMILES string of the molecule is Cc1cc(N2CC(F)(F)C2)cnc1-c1cc(C(=O)Nc2cc(Cl)cc(NS(C)(=O)=O)c2)sc1C. The summed E-state index contributed by atoms with van der Waals surface area (Å²) in [5, 5.41) is 2.99. The van der Waals surface area contributed by atoms with Crippen molar-refractivity contribution in [1.29, 1.82) is 0 Å². The third-order valence-corrected chi connectivity index (χ3v) is 7.00. The number of alkyl halides is 2. The van der Waals surface area contributed by atoms with Crippen molar-refractivity contribution >= 4 is 55.9 Å². The fraction of sp³-hybridized carbons (Fsp3) is 0.273. The van der Waals surface area contributed by atoms with Crippen LogP contribution in [0.5, 0.6) is 0 Å². The third kappa shape index (κ3) is 5.48. The standard InChI is InChI=1S/C22H21ClF2N4O3S2/c1-12-4-17(29-10-22(24,25)11-29)9-26-20(12)18-8-19(33-13(18)2)21(30)27-15-5-14(23)6-16(7-15)28-34(3,31)32/h4-9,28H,10-11H2,1-3H3,(H,27,30). The molecule has 0 radical (unpaired) electrons. The highest BCUT2D eigenvalue weighted by molar-refractivity contribution is 7.92. The van der Waals surface area contributed by atoms with Crippen LogP contribution >= 0.6 is 22.9 Å². The average Bonchev–Trinajstić information content (AvgIpc) is 3.05. The highest BCUT2D eigenvalue weighted by Crippen LogP contribution is 2.36. The first-order valence-electron chi connectivity index (χ1n) is 10.1. The van der Waals surface area contributed by atoms with Gasteiger partial charge in [0.15, 0.2) is 0 Å². The van der Waals surface area contributed by atoms with Crippen molar-refractivity contribution in [3.8, 4) is 11.3 Å². The van der Waals surface area contributed by atoms with Gasteiger partial charge in [0.1, 0.15) is 0 Å². The number of nitrogens with zero attached hydrogens (tertiary/aromatic N) is 2. The molecular formula is C22H21ClF2N4O3S2. The number of aryl methyl sites for hydroxylation is 2. The summed E-state index contributed by atoms with van der Waals surface area (Å²) in [6.45, 7) is 3.08. The van der Waals surface area contributed by atoms with Crippen LogP contribution in [0.4, 0.5) is 25.8 Å². The van der Waals surface area contributed by atoms with Crippen molar-refractivity contribution in [2.45, 2.75) is 19.8 Å². The van der Waals surface area contributed by atoms with E-state index in [0.717, 1.165) is 22.3 Å². The molecule has 3 aromatic rings. The molecule has 0 saturated carbocycles. The lowest BCUT2D eigenvalue weighted by atomic mass is 10.0. The predicted octanol–water partition coefficient (Wildman–Crippen LogP) is 5.16. The summed E-state index contributed by atoms with van der Waals surface area (Å²) in [5.41, 5.74) is 3.46. The maximum Gasteiger partial charge on any atom is 0.282 e. The molecule has 4 rings (SSSR count). The Morgan fingerprint density at radius 3 is 2.44 bits per heavy atom. The highest BCUT2D eigenvalue weighted by Gasteiger charge is 2.44. The molecule has 1 fully saturated rings. The van der Waals surface area contributed by atoms with Crippen LogP contribution in [0.3, 0.4) is 0 Å². The van der Waals surface area contributed by atoms with Gasteiger partial charge in [-0.25, -0.2) is 17.2 Å². The Morgan fingerprint density at radius 2 is 1.82 bits per heavy atom. The number of hydrogen-bond donors (Lipinski definition) is 2. The van der Waals surface area contributed by atoms with E-state index < -0.39 is 15.9 Å². The summed E-state index contributed by atoms with van der Waals surface area (Å²) >= 11 is 7.35. The molecule has 1 amide bonds. The van der Waals surface area contributed by atoms with Crippen LogP contribution in [-0.2, 0) is 10.0 Å². The number of benzene rings is 1. The van der Waals surface area contributed by atoms with E-state index in [-0.39, 0.29) is 29.7 Å². The predicted molar refractivity (Wildman–Crippen MR) is 132 cm³/mol. The van der Waals surface area contributed by atoms with E-state index in [1.165, 1.54) is 29.5 Å². The van der Waals surface area contributed by atoms with Crippen molar-refractivity contribution in [3.63, 3.8) is 0 Å². The number of sulfonamides is 1. The molecule has 3 heterocycles. The van der Waals surface area contributed by atoms with Gasteiger partial charge in [0.05, 0.1) is 47.5 Å². The number of halogens is 3. The second-order valence-corrected chi connectivity index (χ2v) is 11.6. The Kier molecular flexibility index (Phi) is 6.30. The van der Waals surface area contributed by atoms with Crippen LogP contribution in [0, 0.1) is 13.8 Å². The Bertz CT molecular complexity index is 1380. The largest absolute Gasteiger partial charge is 0.358 e. The zero-order valence-electron chi connectivity index (χ0n) is 18.4.